The quantitative estimate of drug-likeness (QED) is 0.824. The number of hydrogen-bond acceptors (Lipinski definition) is 2. The van der Waals surface area contributed by atoms with Gasteiger partial charge in [-0.2, -0.15) is 0 Å². The highest BCUT2D eigenvalue weighted by Gasteiger charge is 2.14. The van der Waals surface area contributed by atoms with Gasteiger partial charge in [-0.15, -0.1) is 0 Å². The van der Waals surface area contributed by atoms with E-state index in [1.165, 1.54) is 6.07 Å². The fourth-order valence-corrected chi connectivity index (χ4v) is 2.72. The van der Waals surface area contributed by atoms with E-state index >= 15 is 0 Å². The number of rotatable bonds is 6. The smallest absolute Gasteiger partial charge is 0.123 e. The summed E-state index contributed by atoms with van der Waals surface area (Å²) in [6.45, 7) is 5.09. The van der Waals surface area contributed by atoms with Gasteiger partial charge in [0.05, 0.1) is 0 Å². The van der Waals surface area contributed by atoms with Crippen molar-refractivity contribution in [2.24, 2.45) is 0 Å². The summed E-state index contributed by atoms with van der Waals surface area (Å²) in [6, 6.07) is 7.09. The zero-order chi connectivity index (χ0) is 15.2. The molecule has 2 aromatic rings. The number of aromatic nitrogens is 1. The van der Waals surface area contributed by atoms with Crippen molar-refractivity contribution in [1.82, 2.24) is 10.3 Å². The molecule has 1 aromatic heterocycles. The fourth-order valence-electron chi connectivity index (χ4n) is 2.31. The zero-order valence-electron chi connectivity index (χ0n) is 12.4. The van der Waals surface area contributed by atoms with Crippen LogP contribution in [0.1, 0.15) is 36.1 Å². The van der Waals surface area contributed by atoms with E-state index in [9.17, 15) is 4.39 Å². The maximum absolute atomic E-state index is 13.5. The van der Waals surface area contributed by atoms with Crippen molar-refractivity contribution in [3.63, 3.8) is 0 Å². The fraction of sp³-hybridized carbons (Fsp3) is 0.353. The second kappa shape index (κ2) is 7.66. The molecule has 0 amide bonds. The summed E-state index contributed by atoms with van der Waals surface area (Å²) in [5.41, 5.74) is 3.24. The van der Waals surface area contributed by atoms with Crippen LogP contribution in [0.25, 0.3) is 0 Å². The highest BCUT2D eigenvalue weighted by atomic mass is 79.9. The molecular formula is C17H20BrFN2. The Balaban J connectivity index is 2.25. The third kappa shape index (κ3) is 4.61. The average Bonchev–Trinajstić information content (AvgIpc) is 2.47. The monoisotopic (exact) mass is 350 g/mol. The summed E-state index contributed by atoms with van der Waals surface area (Å²) >= 11 is 3.50. The SMILES string of the molecule is CCCNC(Cc1cc(F)ccc1Br)c1cncc(C)c1. The van der Waals surface area contributed by atoms with Crippen LogP contribution in [0.15, 0.2) is 41.1 Å². The Morgan fingerprint density at radius 1 is 1.29 bits per heavy atom. The number of nitrogens with zero attached hydrogens (tertiary/aromatic N) is 1. The molecule has 0 spiro atoms. The van der Waals surface area contributed by atoms with E-state index in [-0.39, 0.29) is 11.9 Å². The number of benzene rings is 1. The van der Waals surface area contributed by atoms with Crippen LogP contribution >= 0.6 is 15.9 Å². The van der Waals surface area contributed by atoms with E-state index in [2.05, 4.69) is 39.2 Å². The predicted molar refractivity (Wildman–Crippen MR) is 87.8 cm³/mol. The van der Waals surface area contributed by atoms with Gasteiger partial charge in [-0.1, -0.05) is 28.9 Å². The van der Waals surface area contributed by atoms with Crippen molar-refractivity contribution in [3.05, 3.63) is 63.6 Å². The lowest BCUT2D eigenvalue weighted by Crippen LogP contribution is -2.24. The first-order valence-corrected chi connectivity index (χ1v) is 7.98. The van der Waals surface area contributed by atoms with Gasteiger partial charge in [-0.05, 0) is 61.2 Å². The normalized spacial score (nSPS) is 12.4. The van der Waals surface area contributed by atoms with Gasteiger partial charge in [0.15, 0.2) is 0 Å². The number of aryl methyl sites for hydroxylation is 1. The third-order valence-electron chi connectivity index (χ3n) is 3.37. The molecule has 0 aliphatic heterocycles. The van der Waals surface area contributed by atoms with Crippen LogP contribution in [-0.2, 0) is 6.42 Å². The molecule has 0 aliphatic rings. The summed E-state index contributed by atoms with van der Waals surface area (Å²) in [5, 5.41) is 3.52. The first-order chi connectivity index (χ1) is 10.1. The molecule has 1 aromatic carbocycles. The number of halogens is 2. The predicted octanol–water partition coefficient (Wildman–Crippen LogP) is 4.58. The molecule has 0 fully saturated rings. The van der Waals surface area contributed by atoms with E-state index in [1.54, 1.807) is 12.1 Å². The van der Waals surface area contributed by atoms with Gasteiger partial charge in [0.1, 0.15) is 5.82 Å². The molecule has 2 nitrogen and oxygen atoms in total. The molecule has 1 N–H and O–H groups in total. The minimum absolute atomic E-state index is 0.135. The molecule has 1 unspecified atom stereocenters. The number of hydrogen-bond donors (Lipinski definition) is 1. The second-order valence-electron chi connectivity index (χ2n) is 5.24. The second-order valence-corrected chi connectivity index (χ2v) is 6.10. The van der Waals surface area contributed by atoms with Crippen LogP contribution in [0.4, 0.5) is 4.39 Å². The Bertz CT molecular complexity index is 601. The van der Waals surface area contributed by atoms with Crippen molar-refractivity contribution in [1.29, 1.82) is 0 Å². The maximum Gasteiger partial charge on any atom is 0.123 e. The Morgan fingerprint density at radius 3 is 2.81 bits per heavy atom. The molecule has 112 valence electrons. The van der Waals surface area contributed by atoms with Crippen molar-refractivity contribution in [2.75, 3.05) is 6.54 Å². The summed E-state index contributed by atoms with van der Waals surface area (Å²) in [6.07, 6.45) is 5.51. The van der Waals surface area contributed by atoms with E-state index in [0.29, 0.717) is 0 Å². The minimum atomic E-state index is -0.204. The summed E-state index contributed by atoms with van der Waals surface area (Å²) in [5.74, 6) is -0.204. The summed E-state index contributed by atoms with van der Waals surface area (Å²) in [7, 11) is 0. The topological polar surface area (TPSA) is 24.9 Å². The number of nitrogens with one attached hydrogen (secondary N) is 1. The van der Waals surface area contributed by atoms with Crippen molar-refractivity contribution in [2.45, 2.75) is 32.7 Å². The van der Waals surface area contributed by atoms with Gasteiger partial charge in [0.2, 0.25) is 0 Å². The highest BCUT2D eigenvalue weighted by Crippen LogP contribution is 2.25. The zero-order valence-corrected chi connectivity index (χ0v) is 14.0. The largest absolute Gasteiger partial charge is 0.310 e. The maximum atomic E-state index is 13.5. The van der Waals surface area contributed by atoms with Crippen molar-refractivity contribution >= 4 is 15.9 Å². The van der Waals surface area contributed by atoms with Gasteiger partial charge in [-0.25, -0.2) is 4.39 Å². The first-order valence-electron chi connectivity index (χ1n) is 7.19. The molecule has 4 heteroatoms. The lowest BCUT2D eigenvalue weighted by atomic mass is 9.99. The molecule has 0 radical (unpaired) electrons. The van der Waals surface area contributed by atoms with E-state index in [0.717, 1.165) is 40.5 Å². The van der Waals surface area contributed by atoms with Crippen LogP contribution in [-0.4, -0.2) is 11.5 Å². The molecule has 1 atom stereocenters. The number of pyridine rings is 1. The van der Waals surface area contributed by atoms with Crippen molar-refractivity contribution in [3.8, 4) is 0 Å². The van der Waals surface area contributed by atoms with Gasteiger partial charge >= 0.3 is 0 Å². The molecule has 0 saturated heterocycles. The van der Waals surface area contributed by atoms with Gasteiger partial charge in [0, 0.05) is 22.9 Å². The lowest BCUT2D eigenvalue weighted by molar-refractivity contribution is 0.525. The Morgan fingerprint density at radius 2 is 2.10 bits per heavy atom. The van der Waals surface area contributed by atoms with E-state index < -0.39 is 0 Å². The lowest BCUT2D eigenvalue weighted by Gasteiger charge is -2.20. The minimum Gasteiger partial charge on any atom is -0.310 e. The Hall–Kier alpha value is -1.26. The van der Waals surface area contributed by atoms with Crippen LogP contribution < -0.4 is 5.32 Å². The summed E-state index contributed by atoms with van der Waals surface area (Å²) < 4.78 is 14.4. The molecule has 21 heavy (non-hydrogen) atoms. The standard InChI is InChI=1S/C17H20BrFN2/c1-3-6-21-17(14-7-12(2)10-20-11-14)9-13-8-15(19)4-5-16(13)18/h4-5,7-8,10-11,17,21H,3,6,9H2,1-2H3. The van der Waals surface area contributed by atoms with Crippen LogP contribution in [0, 0.1) is 12.7 Å². The van der Waals surface area contributed by atoms with Crippen LogP contribution in [0.3, 0.4) is 0 Å². The van der Waals surface area contributed by atoms with Crippen LogP contribution in [0.5, 0.6) is 0 Å². The van der Waals surface area contributed by atoms with Gasteiger partial charge < -0.3 is 5.32 Å². The Labute approximate surface area is 133 Å². The summed E-state index contributed by atoms with van der Waals surface area (Å²) in [4.78, 5) is 4.27. The molecule has 0 saturated carbocycles. The first kappa shape index (κ1) is 16.1. The third-order valence-corrected chi connectivity index (χ3v) is 4.14. The van der Waals surface area contributed by atoms with Gasteiger partial charge in [-0.3, -0.25) is 4.98 Å². The van der Waals surface area contributed by atoms with E-state index in [4.69, 9.17) is 0 Å². The average molecular weight is 351 g/mol. The van der Waals surface area contributed by atoms with Crippen LogP contribution in [0.2, 0.25) is 0 Å². The highest BCUT2D eigenvalue weighted by molar-refractivity contribution is 9.10. The van der Waals surface area contributed by atoms with Crippen molar-refractivity contribution < 1.29 is 4.39 Å². The van der Waals surface area contributed by atoms with E-state index in [1.807, 2.05) is 19.3 Å². The molecule has 1 heterocycles. The van der Waals surface area contributed by atoms with Gasteiger partial charge in [0.25, 0.3) is 0 Å². The molecule has 0 aliphatic carbocycles. The molecule has 0 bridgehead atoms. The molecular weight excluding hydrogens is 331 g/mol. The Kier molecular flexibility index (Phi) is 5.88. The molecule has 2 rings (SSSR count).